The van der Waals surface area contributed by atoms with E-state index in [2.05, 4.69) is 43.1 Å². The second kappa shape index (κ2) is 17.9. The first kappa shape index (κ1) is 46.3. The standard InChI is InChI=1S/C28H38N2O4.C24H32O6/c1-5-17-16-30-9-7-19-13-27(33-3)28(34-4)15-22(19)24(30)11-20(17)10-23-21-14-26(32-2)25(31)12-18(21)6-8-29-23;1-13-9-16-17-6-8-24(29,20(28)12-30-14(2)25)23(17,4)11-19(27)21(16)22(3)7-5-15(26)10-18(13)22/h12-15,17,20,23-24,29,31H,5-11,16H2,1-4H3;5,7,10,13,16-17,19,21,27,29H,6,8-9,11-12H2,1-4H3/t17-,20-,23+,24-;13-,16-,17-,19-,21+,22-,23-,24-/m00/s1. The van der Waals surface area contributed by atoms with Gasteiger partial charge in [-0.3, -0.25) is 19.3 Å². The van der Waals surface area contributed by atoms with Gasteiger partial charge in [0.05, 0.1) is 27.4 Å². The minimum absolute atomic E-state index is 0.00535. The summed E-state index contributed by atoms with van der Waals surface area (Å²) in [5.74, 6) is 3.05. The number of fused-ring (bicyclic) bond motifs is 9. The van der Waals surface area contributed by atoms with Crippen molar-refractivity contribution in [3.63, 3.8) is 0 Å². The van der Waals surface area contributed by atoms with Gasteiger partial charge in [-0.2, -0.15) is 0 Å². The molecule has 0 unspecified atom stereocenters. The molecule has 12 atom stereocenters. The van der Waals surface area contributed by atoms with E-state index in [1.165, 1.54) is 35.6 Å². The number of benzene rings is 2. The molecule has 4 aliphatic carbocycles. The van der Waals surface area contributed by atoms with Crippen LogP contribution in [0.15, 0.2) is 48.1 Å². The number of ketones is 2. The predicted molar refractivity (Wildman–Crippen MR) is 242 cm³/mol. The second-order valence-electron chi connectivity index (χ2n) is 20.4. The molecular weight excluding hydrogens is 813 g/mol. The molecule has 4 fully saturated rings. The van der Waals surface area contributed by atoms with Crippen molar-refractivity contribution in [2.75, 3.05) is 47.6 Å². The van der Waals surface area contributed by atoms with Gasteiger partial charge in [0.1, 0.15) is 5.60 Å². The van der Waals surface area contributed by atoms with E-state index in [1.54, 1.807) is 33.5 Å². The number of Topliss-reactive ketones (excluding diaryl/α,β-unsaturated/α-hetero) is 1. The van der Waals surface area contributed by atoms with Gasteiger partial charge >= 0.3 is 5.97 Å². The quantitative estimate of drug-likeness (QED) is 0.191. The Balaban J connectivity index is 0.000000176. The number of ether oxygens (including phenoxy) is 4. The molecule has 0 aromatic heterocycles. The van der Waals surface area contributed by atoms with Gasteiger partial charge in [0.25, 0.3) is 0 Å². The number of carbonyl (C=O) groups excluding carboxylic acids is 3. The Labute approximate surface area is 378 Å². The third-order valence-corrected chi connectivity index (χ3v) is 17.3. The van der Waals surface area contributed by atoms with Crippen LogP contribution in [0.3, 0.4) is 0 Å². The van der Waals surface area contributed by atoms with Crippen LogP contribution < -0.4 is 19.5 Å². The van der Waals surface area contributed by atoms with E-state index in [4.69, 9.17) is 18.9 Å². The Bertz CT molecular complexity index is 2200. The maximum Gasteiger partial charge on any atom is 0.303 e. The van der Waals surface area contributed by atoms with E-state index < -0.39 is 40.9 Å². The van der Waals surface area contributed by atoms with Crippen molar-refractivity contribution in [2.24, 2.45) is 46.3 Å². The smallest absolute Gasteiger partial charge is 0.303 e. The fraction of sp³-hybridized carbons (Fsp3) is 0.635. The number of hydrogen-bond donors (Lipinski definition) is 4. The number of rotatable bonds is 9. The number of aliphatic hydroxyl groups is 2. The summed E-state index contributed by atoms with van der Waals surface area (Å²) in [6, 6.07) is 9.06. The lowest BCUT2D eigenvalue weighted by Crippen LogP contribution is -2.62. The van der Waals surface area contributed by atoms with Crippen LogP contribution in [0, 0.1) is 46.3 Å². The molecule has 0 amide bonds. The molecule has 7 aliphatic rings. The number of phenols is 1. The lowest BCUT2D eigenvalue weighted by molar-refractivity contribution is -0.182. The summed E-state index contributed by atoms with van der Waals surface area (Å²) in [5.41, 5.74) is 3.62. The molecule has 3 aliphatic heterocycles. The number of piperidine rings is 1. The van der Waals surface area contributed by atoms with Crippen molar-refractivity contribution in [3.8, 4) is 23.0 Å². The minimum atomic E-state index is -1.61. The third-order valence-electron chi connectivity index (χ3n) is 17.3. The topological polar surface area (TPSA) is 164 Å². The Kier molecular flexibility index (Phi) is 12.9. The first-order valence-corrected chi connectivity index (χ1v) is 23.6. The molecule has 3 saturated carbocycles. The number of nitrogens with zero attached hydrogens (tertiary/aromatic N) is 1. The van der Waals surface area contributed by atoms with Gasteiger partial charge in [0, 0.05) is 48.8 Å². The van der Waals surface area contributed by atoms with Crippen molar-refractivity contribution in [3.05, 3.63) is 70.3 Å². The lowest BCUT2D eigenvalue weighted by Gasteiger charge is -2.60. The zero-order valence-electron chi connectivity index (χ0n) is 39.1. The number of aliphatic hydroxyl groups excluding tert-OH is 1. The summed E-state index contributed by atoms with van der Waals surface area (Å²) >= 11 is 0. The number of nitrogens with one attached hydrogen (secondary N) is 1. The zero-order valence-corrected chi connectivity index (χ0v) is 39.1. The highest BCUT2D eigenvalue weighted by molar-refractivity contribution is 6.01. The summed E-state index contributed by atoms with van der Waals surface area (Å²) in [4.78, 5) is 38.8. The second-order valence-corrected chi connectivity index (χ2v) is 20.4. The first-order valence-electron chi connectivity index (χ1n) is 23.6. The van der Waals surface area contributed by atoms with Crippen molar-refractivity contribution in [1.82, 2.24) is 10.2 Å². The van der Waals surface area contributed by atoms with Crippen LogP contribution in [-0.2, 0) is 32.0 Å². The molecule has 0 radical (unpaired) electrons. The number of aromatic hydroxyl groups is 1. The average molecular weight is 883 g/mol. The normalized spacial score (nSPS) is 36.0. The third kappa shape index (κ3) is 7.87. The van der Waals surface area contributed by atoms with Gasteiger partial charge < -0.3 is 39.6 Å². The van der Waals surface area contributed by atoms with Crippen LogP contribution in [-0.4, -0.2) is 97.0 Å². The van der Waals surface area contributed by atoms with E-state index in [1.807, 2.05) is 25.1 Å². The summed E-state index contributed by atoms with van der Waals surface area (Å²) in [5, 5.41) is 36.9. The lowest BCUT2D eigenvalue weighted by atomic mass is 9.45. The van der Waals surface area contributed by atoms with Gasteiger partial charge in [-0.25, -0.2) is 0 Å². The van der Waals surface area contributed by atoms with Crippen LogP contribution >= 0.6 is 0 Å². The molecule has 348 valence electrons. The molecule has 64 heavy (non-hydrogen) atoms. The van der Waals surface area contributed by atoms with E-state index >= 15 is 0 Å². The first-order chi connectivity index (χ1) is 30.5. The van der Waals surface area contributed by atoms with Gasteiger partial charge in [0.15, 0.2) is 35.4 Å². The summed E-state index contributed by atoms with van der Waals surface area (Å²) in [6.45, 7) is 12.5. The number of methoxy groups -OCH3 is 3. The van der Waals surface area contributed by atoms with Crippen LogP contribution in [0.5, 0.6) is 23.0 Å². The van der Waals surface area contributed by atoms with E-state index in [-0.39, 0.29) is 41.2 Å². The highest BCUT2D eigenvalue weighted by Gasteiger charge is 2.68. The Morgan fingerprint density at radius 2 is 1.66 bits per heavy atom. The Morgan fingerprint density at radius 3 is 2.36 bits per heavy atom. The predicted octanol–water partition coefficient (Wildman–Crippen LogP) is 7.01. The number of allylic oxidation sites excluding steroid dienone is 4. The van der Waals surface area contributed by atoms with E-state index in [0.29, 0.717) is 42.9 Å². The largest absolute Gasteiger partial charge is 0.504 e. The molecule has 9 rings (SSSR count). The molecule has 0 bridgehead atoms. The summed E-state index contributed by atoms with van der Waals surface area (Å²) in [7, 11) is 5.06. The summed E-state index contributed by atoms with van der Waals surface area (Å²) < 4.78 is 21.6. The monoisotopic (exact) mass is 883 g/mol. The Hall–Kier alpha value is -4.23. The van der Waals surface area contributed by atoms with Gasteiger partial charge in [-0.05, 0) is 146 Å². The fourth-order valence-electron chi connectivity index (χ4n) is 14.1. The van der Waals surface area contributed by atoms with Crippen molar-refractivity contribution in [2.45, 2.75) is 116 Å². The van der Waals surface area contributed by atoms with Crippen LogP contribution in [0.1, 0.15) is 114 Å². The van der Waals surface area contributed by atoms with Crippen LogP contribution in [0.4, 0.5) is 0 Å². The van der Waals surface area contributed by atoms with E-state index in [9.17, 15) is 29.7 Å². The molecule has 2 aromatic rings. The van der Waals surface area contributed by atoms with Crippen molar-refractivity contribution >= 4 is 17.5 Å². The highest BCUT2D eigenvalue weighted by atomic mass is 16.5. The maximum absolute atomic E-state index is 12.9. The van der Waals surface area contributed by atoms with Gasteiger partial charge in [0.2, 0.25) is 5.78 Å². The number of esters is 1. The van der Waals surface area contributed by atoms with Gasteiger partial charge in [-0.1, -0.05) is 45.8 Å². The average Bonchev–Trinajstić information content (AvgIpc) is 3.55. The molecule has 4 N–H and O–H groups in total. The molecular formula is C52H70N2O10. The maximum atomic E-state index is 12.9. The highest BCUT2D eigenvalue weighted by Crippen LogP contribution is 2.68. The number of hydrogen-bond acceptors (Lipinski definition) is 12. The fourth-order valence-corrected chi connectivity index (χ4v) is 14.1. The SMILES string of the molecule is CC(=O)OCC(=O)[C@@]1(O)CC[C@H]2[C@@H]3C[C@H](C)C4=CC(=O)C=C[C@]4(C)[C@H]3[C@@H](O)C[C@@]21C.CC[C@H]1CN2CCc3cc(OC)c(OC)cc3[C@@H]2C[C@@H]1C[C@H]1NCCc2cc(O)c(OC)cc21. The molecule has 0 spiro atoms. The van der Waals surface area contributed by atoms with E-state index in [0.717, 1.165) is 68.8 Å². The van der Waals surface area contributed by atoms with Crippen LogP contribution in [0.2, 0.25) is 0 Å². The van der Waals surface area contributed by atoms with Crippen LogP contribution in [0.25, 0.3) is 0 Å². The summed E-state index contributed by atoms with van der Waals surface area (Å²) in [6.07, 6.45) is 12.2. The minimum Gasteiger partial charge on any atom is -0.504 e. The van der Waals surface area contributed by atoms with Gasteiger partial charge in [-0.15, -0.1) is 0 Å². The van der Waals surface area contributed by atoms with Crippen molar-refractivity contribution in [1.29, 1.82) is 0 Å². The molecule has 3 heterocycles. The molecule has 1 saturated heterocycles. The molecule has 12 nitrogen and oxygen atoms in total. The van der Waals surface area contributed by atoms with Crippen molar-refractivity contribution < 1.29 is 48.7 Å². The number of phenolic OH excluding ortho intramolecular Hbond substituents is 1. The molecule has 12 heteroatoms. The molecule has 2 aromatic carbocycles. The Morgan fingerprint density at radius 1 is 0.953 bits per heavy atom. The number of carbonyl (C=O) groups is 3. The zero-order chi connectivity index (χ0) is 45.9.